The van der Waals surface area contributed by atoms with Gasteiger partial charge in [-0.25, -0.2) is 9.18 Å². The molecule has 0 aliphatic heterocycles. The topological polar surface area (TPSA) is 61.5 Å². The Kier molecular flexibility index (Phi) is 4.90. The highest BCUT2D eigenvalue weighted by Gasteiger charge is 2.27. The van der Waals surface area contributed by atoms with Gasteiger partial charge in [-0.1, -0.05) is 12.1 Å². The van der Waals surface area contributed by atoms with Crippen molar-refractivity contribution in [1.29, 1.82) is 0 Å². The second-order valence-electron chi connectivity index (χ2n) is 3.45. The van der Waals surface area contributed by atoms with Crippen molar-refractivity contribution < 1.29 is 18.7 Å². The van der Waals surface area contributed by atoms with Gasteiger partial charge < -0.3 is 15.2 Å². The Morgan fingerprint density at radius 3 is 2.47 bits per heavy atom. The van der Waals surface area contributed by atoms with Gasteiger partial charge in [0, 0.05) is 0 Å². The molecule has 94 valence electrons. The van der Waals surface area contributed by atoms with E-state index in [4.69, 9.17) is 10.5 Å². The average Bonchev–Trinajstić information content (AvgIpc) is 2.37. The lowest BCUT2D eigenvalue weighted by molar-refractivity contribution is -0.149. The first-order chi connectivity index (χ1) is 8.10. The van der Waals surface area contributed by atoms with Crippen molar-refractivity contribution in [3.63, 3.8) is 0 Å². The second kappa shape index (κ2) is 6.20. The molecule has 0 heterocycles. The fraction of sp³-hybridized carbons (Fsp3) is 0.417. The quantitative estimate of drug-likeness (QED) is 0.795. The second-order valence-corrected chi connectivity index (χ2v) is 3.45. The maximum absolute atomic E-state index is 13.6. The smallest absolute Gasteiger partial charge is 0.342 e. The van der Waals surface area contributed by atoms with Gasteiger partial charge in [0.1, 0.15) is 5.75 Å². The Bertz CT molecular complexity index is 367. The van der Waals surface area contributed by atoms with Crippen molar-refractivity contribution in [2.24, 2.45) is 5.73 Å². The summed E-state index contributed by atoms with van der Waals surface area (Å²) in [5, 5.41) is 0. The van der Waals surface area contributed by atoms with E-state index in [0.717, 1.165) is 0 Å². The fourth-order valence-electron chi connectivity index (χ4n) is 1.36. The third kappa shape index (κ3) is 3.42. The number of nitrogens with two attached hydrogens (primary N) is 1. The number of hydrogen-bond acceptors (Lipinski definition) is 4. The van der Waals surface area contributed by atoms with Crippen LogP contribution in [0.15, 0.2) is 24.3 Å². The zero-order valence-corrected chi connectivity index (χ0v) is 9.85. The summed E-state index contributed by atoms with van der Waals surface area (Å²) in [6.07, 6.45) is -1.86. The summed E-state index contributed by atoms with van der Waals surface area (Å²) in [7, 11) is 1.53. The molecule has 0 amide bonds. The van der Waals surface area contributed by atoms with Crippen molar-refractivity contribution in [1.82, 2.24) is 0 Å². The van der Waals surface area contributed by atoms with Crippen LogP contribution in [0.5, 0.6) is 5.75 Å². The predicted molar refractivity (Wildman–Crippen MR) is 61.5 cm³/mol. The minimum Gasteiger partial charge on any atom is -0.497 e. The third-order valence-electron chi connectivity index (χ3n) is 2.33. The van der Waals surface area contributed by atoms with Crippen LogP contribution < -0.4 is 10.5 Å². The van der Waals surface area contributed by atoms with Gasteiger partial charge in [-0.2, -0.15) is 0 Å². The molecule has 0 saturated heterocycles. The molecule has 0 radical (unpaired) electrons. The molecule has 17 heavy (non-hydrogen) atoms. The molecule has 1 unspecified atom stereocenters. The lowest BCUT2D eigenvalue weighted by Crippen LogP contribution is -2.31. The number of esters is 1. The van der Waals surface area contributed by atoms with E-state index in [1.807, 2.05) is 0 Å². The molecule has 0 aliphatic carbocycles. The van der Waals surface area contributed by atoms with Crippen LogP contribution in [-0.4, -0.2) is 25.9 Å². The van der Waals surface area contributed by atoms with Gasteiger partial charge in [-0.05, 0) is 24.6 Å². The number of methoxy groups -OCH3 is 1. The van der Waals surface area contributed by atoms with Crippen LogP contribution in [0.1, 0.15) is 18.5 Å². The van der Waals surface area contributed by atoms with Crippen LogP contribution in [0.3, 0.4) is 0 Å². The summed E-state index contributed by atoms with van der Waals surface area (Å²) in [6, 6.07) is 5.53. The Morgan fingerprint density at radius 2 is 2.00 bits per heavy atom. The molecule has 1 aromatic carbocycles. The molecular weight excluding hydrogens is 225 g/mol. The van der Waals surface area contributed by atoms with Gasteiger partial charge >= 0.3 is 5.97 Å². The number of hydrogen-bond donors (Lipinski definition) is 1. The minimum absolute atomic E-state index is 0.134. The summed E-state index contributed by atoms with van der Waals surface area (Å²) in [6.45, 7) is 1.75. The number of ether oxygens (including phenoxy) is 2. The molecule has 0 spiro atoms. The summed E-state index contributed by atoms with van der Waals surface area (Å²) >= 11 is 0. The Balaban J connectivity index is 2.73. The van der Waals surface area contributed by atoms with E-state index in [1.54, 1.807) is 31.2 Å². The molecule has 0 saturated carbocycles. The Hall–Kier alpha value is -1.62. The SMILES string of the molecule is CCOC(=O)C(F)[C@H](N)c1ccc(OC)cc1. The molecular formula is C12H16FNO3. The molecule has 2 atom stereocenters. The summed E-state index contributed by atoms with van der Waals surface area (Å²) < 4.78 is 23.2. The normalized spacial score (nSPS) is 13.9. The summed E-state index contributed by atoms with van der Waals surface area (Å²) in [5.74, 6) is -0.289. The number of carbonyl (C=O) groups is 1. The average molecular weight is 241 g/mol. The zero-order chi connectivity index (χ0) is 12.8. The number of rotatable bonds is 5. The van der Waals surface area contributed by atoms with Crippen LogP contribution >= 0.6 is 0 Å². The highest BCUT2D eigenvalue weighted by atomic mass is 19.1. The standard InChI is InChI=1S/C12H16FNO3/c1-3-17-12(15)10(13)11(14)8-4-6-9(16-2)7-5-8/h4-7,10-11H,3,14H2,1-2H3/t10?,11-/m1/s1. The first-order valence-corrected chi connectivity index (χ1v) is 5.30. The van der Waals surface area contributed by atoms with Crippen LogP contribution in [0.25, 0.3) is 0 Å². The zero-order valence-electron chi connectivity index (χ0n) is 9.85. The highest BCUT2D eigenvalue weighted by molar-refractivity contribution is 5.75. The molecule has 1 aromatic rings. The van der Waals surface area contributed by atoms with Gasteiger partial charge in [-0.3, -0.25) is 0 Å². The van der Waals surface area contributed by atoms with Crippen LogP contribution in [-0.2, 0) is 9.53 Å². The van der Waals surface area contributed by atoms with E-state index >= 15 is 0 Å². The van der Waals surface area contributed by atoms with E-state index in [9.17, 15) is 9.18 Å². The van der Waals surface area contributed by atoms with Gasteiger partial charge in [0.05, 0.1) is 19.8 Å². The summed E-state index contributed by atoms with van der Waals surface area (Å²) in [4.78, 5) is 11.2. The molecule has 2 N–H and O–H groups in total. The third-order valence-corrected chi connectivity index (χ3v) is 2.33. The number of halogens is 1. The maximum atomic E-state index is 13.6. The number of carbonyl (C=O) groups excluding carboxylic acids is 1. The Labute approximate surface area is 99.5 Å². The van der Waals surface area contributed by atoms with E-state index in [-0.39, 0.29) is 6.61 Å². The van der Waals surface area contributed by atoms with Gasteiger partial charge in [-0.15, -0.1) is 0 Å². The van der Waals surface area contributed by atoms with E-state index < -0.39 is 18.2 Å². The highest BCUT2D eigenvalue weighted by Crippen LogP contribution is 2.20. The van der Waals surface area contributed by atoms with E-state index in [1.165, 1.54) is 7.11 Å². The number of benzene rings is 1. The Morgan fingerprint density at radius 1 is 1.41 bits per heavy atom. The lowest BCUT2D eigenvalue weighted by Gasteiger charge is -2.16. The molecule has 1 rings (SSSR count). The van der Waals surface area contributed by atoms with Gasteiger partial charge in [0.25, 0.3) is 0 Å². The van der Waals surface area contributed by atoms with Crippen molar-refractivity contribution in [3.8, 4) is 5.75 Å². The van der Waals surface area contributed by atoms with Crippen molar-refractivity contribution in [3.05, 3.63) is 29.8 Å². The van der Waals surface area contributed by atoms with Gasteiger partial charge in [0.15, 0.2) is 0 Å². The van der Waals surface area contributed by atoms with Crippen molar-refractivity contribution >= 4 is 5.97 Å². The lowest BCUT2D eigenvalue weighted by atomic mass is 10.0. The minimum atomic E-state index is -1.86. The molecule has 0 bridgehead atoms. The monoisotopic (exact) mass is 241 g/mol. The largest absolute Gasteiger partial charge is 0.497 e. The fourth-order valence-corrected chi connectivity index (χ4v) is 1.36. The number of alkyl halides is 1. The molecule has 0 aromatic heterocycles. The predicted octanol–water partition coefficient (Wildman–Crippen LogP) is 1.60. The van der Waals surface area contributed by atoms with Crippen molar-refractivity contribution in [2.45, 2.75) is 19.1 Å². The van der Waals surface area contributed by atoms with Crippen LogP contribution in [0.2, 0.25) is 0 Å². The molecule has 4 nitrogen and oxygen atoms in total. The van der Waals surface area contributed by atoms with Crippen LogP contribution in [0, 0.1) is 0 Å². The molecule has 5 heteroatoms. The molecule has 0 fully saturated rings. The molecule has 0 aliphatic rings. The maximum Gasteiger partial charge on any atom is 0.342 e. The van der Waals surface area contributed by atoms with Gasteiger partial charge in [0.2, 0.25) is 6.17 Å². The van der Waals surface area contributed by atoms with E-state index in [0.29, 0.717) is 11.3 Å². The van der Waals surface area contributed by atoms with Crippen LogP contribution in [0.4, 0.5) is 4.39 Å². The van der Waals surface area contributed by atoms with E-state index in [2.05, 4.69) is 4.74 Å². The summed E-state index contributed by atoms with van der Waals surface area (Å²) in [5.41, 5.74) is 6.16. The van der Waals surface area contributed by atoms with Crippen molar-refractivity contribution in [2.75, 3.05) is 13.7 Å². The first-order valence-electron chi connectivity index (χ1n) is 5.30. The first kappa shape index (κ1) is 13.4.